The maximum atomic E-state index is 12.8. The number of fused-ring (bicyclic) bond motifs is 1. The number of aromatic nitrogens is 1. The highest BCUT2D eigenvalue weighted by Crippen LogP contribution is 2.35. The molecule has 1 aromatic carbocycles. The number of halogens is 1. The summed E-state index contributed by atoms with van der Waals surface area (Å²) in [5.41, 5.74) is 0.161. The Kier molecular flexibility index (Phi) is 6.23. The molecule has 0 aliphatic carbocycles. The minimum Gasteiger partial charge on any atom is -0.389 e. The highest BCUT2D eigenvalue weighted by Gasteiger charge is 2.45. The maximum Gasteiger partial charge on any atom is 0.231 e. The molecule has 1 unspecified atom stereocenters. The SMILES string of the molecule is CC1(C)OCCC1C(=O)Nc1cc2cc(N3CCN([C@]4(C)COC[C@@H]4O)CC3)c(Cl)cc2cn1. The van der Waals surface area contributed by atoms with Gasteiger partial charge in [-0.3, -0.25) is 9.69 Å². The van der Waals surface area contributed by atoms with Crippen LogP contribution in [-0.2, 0) is 14.3 Å². The van der Waals surface area contributed by atoms with Crippen LogP contribution < -0.4 is 10.2 Å². The predicted octanol–water partition coefficient (Wildman–Crippen LogP) is 2.91. The number of ether oxygens (including phenoxy) is 2. The summed E-state index contributed by atoms with van der Waals surface area (Å²) < 4.78 is 11.2. The standard InChI is InChI=1S/C25H33ClN4O4/c1-24(2)18(4-9-34-24)23(32)28-22-12-16-11-20(19(26)10-17(16)13-27-22)29-5-7-30(8-6-29)25(3)15-33-14-21(25)31/h10-13,18,21,31H,4-9,14-15H2,1-3H3,(H,27,28,32)/t18?,21-,25+/m0/s1. The first-order valence-electron chi connectivity index (χ1n) is 12.0. The Hall–Kier alpha value is -1.97. The van der Waals surface area contributed by atoms with E-state index < -0.39 is 11.7 Å². The summed E-state index contributed by atoms with van der Waals surface area (Å²) in [6.07, 6.45) is 1.99. The van der Waals surface area contributed by atoms with Crippen LogP contribution in [0.5, 0.6) is 0 Å². The van der Waals surface area contributed by atoms with Crippen LogP contribution >= 0.6 is 11.6 Å². The molecule has 8 nitrogen and oxygen atoms in total. The van der Waals surface area contributed by atoms with Crippen LogP contribution in [0.25, 0.3) is 10.8 Å². The second-order valence-electron chi connectivity index (χ2n) is 10.4. The molecular weight excluding hydrogens is 456 g/mol. The second-order valence-corrected chi connectivity index (χ2v) is 10.8. The van der Waals surface area contributed by atoms with Gasteiger partial charge in [0.05, 0.1) is 47.1 Å². The fraction of sp³-hybridized carbons (Fsp3) is 0.600. The van der Waals surface area contributed by atoms with E-state index in [9.17, 15) is 9.90 Å². The molecule has 9 heteroatoms. The number of pyridine rings is 1. The van der Waals surface area contributed by atoms with Crippen LogP contribution in [0.15, 0.2) is 24.4 Å². The van der Waals surface area contributed by atoms with Gasteiger partial charge in [0.15, 0.2) is 0 Å². The Labute approximate surface area is 205 Å². The molecule has 0 radical (unpaired) electrons. The molecule has 3 fully saturated rings. The minimum atomic E-state index is -0.471. The number of carbonyl (C=O) groups excluding carboxylic acids is 1. The van der Waals surface area contributed by atoms with Crippen molar-refractivity contribution in [2.24, 2.45) is 5.92 Å². The molecule has 184 valence electrons. The van der Waals surface area contributed by atoms with Crippen molar-refractivity contribution in [1.29, 1.82) is 0 Å². The van der Waals surface area contributed by atoms with Crippen molar-refractivity contribution < 1.29 is 19.4 Å². The Bertz CT molecular complexity index is 1090. The summed E-state index contributed by atoms with van der Waals surface area (Å²) >= 11 is 6.67. The van der Waals surface area contributed by atoms with Crippen LogP contribution in [0.4, 0.5) is 11.5 Å². The quantitative estimate of drug-likeness (QED) is 0.684. The van der Waals surface area contributed by atoms with E-state index >= 15 is 0 Å². The number of benzene rings is 1. The molecule has 3 aliphatic heterocycles. The zero-order valence-electron chi connectivity index (χ0n) is 20.0. The molecule has 34 heavy (non-hydrogen) atoms. The van der Waals surface area contributed by atoms with Crippen molar-refractivity contribution in [3.8, 4) is 0 Å². The van der Waals surface area contributed by atoms with Crippen LogP contribution in [0, 0.1) is 5.92 Å². The lowest BCUT2D eigenvalue weighted by atomic mass is 9.90. The van der Waals surface area contributed by atoms with Gasteiger partial charge in [0, 0.05) is 44.4 Å². The molecule has 1 aromatic heterocycles. The molecule has 2 N–H and O–H groups in total. The molecule has 5 rings (SSSR count). The number of aliphatic hydroxyl groups excluding tert-OH is 1. The van der Waals surface area contributed by atoms with E-state index in [-0.39, 0.29) is 17.4 Å². The third-order valence-electron chi connectivity index (χ3n) is 7.81. The lowest BCUT2D eigenvalue weighted by molar-refractivity contribution is -0.124. The lowest BCUT2D eigenvalue weighted by Crippen LogP contribution is -2.60. The fourth-order valence-electron chi connectivity index (χ4n) is 5.43. The number of piperazine rings is 1. The lowest BCUT2D eigenvalue weighted by Gasteiger charge is -2.45. The van der Waals surface area contributed by atoms with Gasteiger partial charge in [-0.2, -0.15) is 0 Å². The molecule has 3 aliphatic rings. The third kappa shape index (κ3) is 4.27. The fourth-order valence-corrected chi connectivity index (χ4v) is 5.72. The van der Waals surface area contributed by atoms with Gasteiger partial charge in [-0.05, 0) is 50.8 Å². The molecule has 1 amide bonds. The number of anilines is 2. The van der Waals surface area contributed by atoms with Crippen molar-refractivity contribution in [3.63, 3.8) is 0 Å². The number of carbonyl (C=O) groups is 1. The van der Waals surface area contributed by atoms with Crippen LogP contribution in [0.3, 0.4) is 0 Å². The normalized spacial score (nSPS) is 29.6. The average molecular weight is 489 g/mol. The van der Waals surface area contributed by atoms with E-state index in [0.717, 1.165) is 42.6 Å². The number of hydrogen-bond acceptors (Lipinski definition) is 7. The van der Waals surface area contributed by atoms with Crippen molar-refractivity contribution in [2.75, 3.05) is 56.2 Å². The monoisotopic (exact) mass is 488 g/mol. The number of amides is 1. The number of rotatable bonds is 4. The highest BCUT2D eigenvalue weighted by atomic mass is 35.5. The smallest absolute Gasteiger partial charge is 0.231 e. The number of hydrogen-bond donors (Lipinski definition) is 2. The molecule has 3 atom stereocenters. The van der Waals surface area contributed by atoms with Crippen molar-refractivity contribution in [2.45, 2.75) is 44.4 Å². The minimum absolute atomic E-state index is 0.0637. The molecule has 2 aromatic rings. The van der Waals surface area contributed by atoms with E-state index in [2.05, 4.69) is 33.1 Å². The van der Waals surface area contributed by atoms with E-state index in [4.69, 9.17) is 21.1 Å². The second kappa shape index (κ2) is 8.91. The van der Waals surface area contributed by atoms with Crippen LogP contribution in [-0.4, -0.2) is 84.1 Å². The summed E-state index contributed by atoms with van der Waals surface area (Å²) in [6.45, 7) is 10.8. The molecule has 0 saturated carbocycles. The summed E-state index contributed by atoms with van der Waals surface area (Å²) in [6, 6.07) is 5.91. The average Bonchev–Trinajstić information content (AvgIpc) is 3.34. The van der Waals surface area contributed by atoms with Gasteiger partial charge in [-0.1, -0.05) is 11.6 Å². The van der Waals surface area contributed by atoms with E-state index in [1.165, 1.54) is 0 Å². The van der Waals surface area contributed by atoms with Gasteiger partial charge in [0.1, 0.15) is 5.82 Å². The van der Waals surface area contributed by atoms with Crippen LogP contribution in [0.1, 0.15) is 27.2 Å². The van der Waals surface area contributed by atoms with E-state index in [1.54, 1.807) is 6.20 Å². The summed E-state index contributed by atoms with van der Waals surface area (Å²) in [7, 11) is 0. The molecule has 3 saturated heterocycles. The molecule has 4 heterocycles. The van der Waals surface area contributed by atoms with Gasteiger partial charge in [0.25, 0.3) is 0 Å². The first-order chi connectivity index (χ1) is 16.2. The maximum absolute atomic E-state index is 12.8. The molecular formula is C25H33ClN4O4. The molecule has 0 spiro atoms. The zero-order chi connectivity index (χ0) is 24.1. The Balaban J connectivity index is 1.32. The third-order valence-corrected chi connectivity index (χ3v) is 8.11. The largest absolute Gasteiger partial charge is 0.389 e. The van der Waals surface area contributed by atoms with Gasteiger partial charge >= 0.3 is 0 Å². The van der Waals surface area contributed by atoms with Crippen molar-refractivity contribution in [1.82, 2.24) is 9.88 Å². The summed E-state index contributed by atoms with van der Waals surface area (Å²) in [5.74, 6) is 0.264. The number of nitrogens with one attached hydrogen (secondary N) is 1. The Morgan fingerprint density at radius 1 is 1.18 bits per heavy atom. The first-order valence-corrected chi connectivity index (χ1v) is 12.4. The summed E-state index contributed by atoms with van der Waals surface area (Å²) in [4.78, 5) is 21.9. The Morgan fingerprint density at radius 2 is 1.94 bits per heavy atom. The van der Waals surface area contributed by atoms with Crippen molar-refractivity contribution in [3.05, 3.63) is 29.4 Å². The Morgan fingerprint density at radius 3 is 2.59 bits per heavy atom. The van der Waals surface area contributed by atoms with E-state index in [0.29, 0.717) is 37.1 Å². The molecule has 0 bridgehead atoms. The van der Waals surface area contributed by atoms with Crippen LogP contribution in [0.2, 0.25) is 5.02 Å². The zero-order valence-corrected chi connectivity index (χ0v) is 20.8. The summed E-state index contributed by atoms with van der Waals surface area (Å²) in [5, 5.41) is 15.9. The topological polar surface area (TPSA) is 87.2 Å². The van der Waals surface area contributed by atoms with Crippen molar-refractivity contribution >= 4 is 39.8 Å². The highest BCUT2D eigenvalue weighted by molar-refractivity contribution is 6.34. The predicted molar refractivity (Wildman–Crippen MR) is 133 cm³/mol. The van der Waals surface area contributed by atoms with Gasteiger partial charge < -0.3 is 24.8 Å². The van der Waals surface area contributed by atoms with Gasteiger partial charge in [-0.25, -0.2) is 4.98 Å². The number of aliphatic hydroxyl groups is 1. The van der Waals surface area contributed by atoms with Gasteiger partial charge in [-0.15, -0.1) is 0 Å². The van der Waals surface area contributed by atoms with Gasteiger partial charge in [0.2, 0.25) is 5.91 Å². The first kappa shape index (κ1) is 23.8. The number of nitrogens with zero attached hydrogens (tertiary/aromatic N) is 3. The van der Waals surface area contributed by atoms with E-state index in [1.807, 2.05) is 26.0 Å².